The lowest BCUT2D eigenvalue weighted by Gasteiger charge is -2.31. The summed E-state index contributed by atoms with van der Waals surface area (Å²) in [5.74, 6) is 0.397. The molecular formula is C11H17N3OS. The van der Waals surface area contributed by atoms with E-state index in [4.69, 9.17) is 5.73 Å². The third-order valence-electron chi connectivity index (χ3n) is 2.93. The molecule has 0 unspecified atom stereocenters. The molecule has 0 saturated carbocycles. The molecule has 1 amide bonds. The monoisotopic (exact) mass is 239 g/mol. The highest BCUT2D eigenvalue weighted by molar-refractivity contribution is 7.09. The first kappa shape index (κ1) is 11.5. The molecule has 0 aliphatic carbocycles. The van der Waals surface area contributed by atoms with E-state index in [1.54, 1.807) is 11.3 Å². The molecule has 16 heavy (non-hydrogen) atoms. The number of carbonyl (C=O) groups excluding carboxylic acids is 1. The number of nitrogens with zero attached hydrogens (tertiary/aromatic N) is 2. The molecule has 0 bridgehead atoms. The number of aromatic nitrogens is 1. The van der Waals surface area contributed by atoms with Gasteiger partial charge in [0.15, 0.2) is 0 Å². The number of hydrogen-bond donors (Lipinski definition) is 1. The summed E-state index contributed by atoms with van der Waals surface area (Å²) < 4.78 is 0. The van der Waals surface area contributed by atoms with E-state index in [-0.39, 0.29) is 5.91 Å². The van der Waals surface area contributed by atoms with Crippen LogP contribution in [0.1, 0.15) is 17.8 Å². The summed E-state index contributed by atoms with van der Waals surface area (Å²) in [5, 5.41) is 3.21. The molecule has 1 fully saturated rings. The molecule has 88 valence electrons. The van der Waals surface area contributed by atoms with Gasteiger partial charge in [0.1, 0.15) is 0 Å². The number of likely N-dealkylation sites (tertiary alicyclic amines) is 1. The molecule has 0 spiro atoms. The number of nitrogens with two attached hydrogens (primary N) is 1. The van der Waals surface area contributed by atoms with Crippen LogP contribution in [-0.4, -0.2) is 35.4 Å². The van der Waals surface area contributed by atoms with Gasteiger partial charge in [-0.2, -0.15) is 0 Å². The summed E-state index contributed by atoms with van der Waals surface area (Å²) in [6, 6.07) is 0. The van der Waals surface area contributed by atoms with Crippen LogP contribution in [0.4, 0.5) is 0 Å². The molecule has 1 atom stereocenters. The lowest BCUT2D eigenvalue weighted by Crippen LogP contribution is -2.41. The number of carbonyl (C=O) groups is 1. The van der Waals surface area contributed by atoms with Crippen molar-refractivity contribution in [3.63, 3.8) is 0 Å². The van der Waals surface area contributed by atoms with Crippen molar-refractivity contribution in [1.29, 1.82) is 0 Å². The standard InChI is InChI=1S/C11H17N3OS/c12-10(15)8-14-4-1-2-9(7-14)6-11-13-3-5-16-11/h3,5,9H,1-2,4,6-8H2,(H2,12,15)/t9-/m1/s1. The van der Waals surface area contributed by atoms with E-state index < -0.39 is 0 Å². The van der Waals surface area contributed by atoms with Gasteiger partial charge in [-0.3, -0.25) is 9.69 Å². The molecule has 4 nitrogen and oxygen atoms in total. The topological polar surface area (TPSA) is 59.2 Å². The number of hydrogen-bond acceptors (Lipinski definition) is 4. The Kier molecular flexibility index (Phi) is 3.90. The third-order valence-corrected chi connectivity index (χ3v) is 3.73. The number of piperidine rings is 1. The molecule has 1 aliphatic rings. The Morgan fingerprint density at radius 3 is 3.25 bits per heavy atom. The lowest BCUT2D eigenvalue weighted by molar-refractivity contribution is -0.119. The fourth-order valence-corrected chi connectivity index (χ4v) is 3.02. The zero-order valence-electron chi connectivity index (χ0n) is 9.26. The van der Waals surface area contributed by atoms with Gasteiger partial charge in [0.2, 0.25) is 5.91 Å². The number of primary amides is 1. The van der Waals surface area contributed by atoms with E-state index >= 15 is 0 Å². The Morgan fingerprint density at radius 2 is 2.56 bits per heavy atom. The van der Waals surface area contributed by atoms with E-state index in [1.165, 1.54) is 11.4 Å². The minimum absolute atomic E-state index is 0.227. The molecule has 0 radical (unpaired) electrons. The second-order valence-electron chi connectivity index (χ2n) is 4.34. The van der Waals surface area contributed by atoms with Crippen molar-refractivity contribution in [1.82, 2.24) is 9.88 Å². The zero-order valence-corrected chi connectivity index (χ0v) is 10.1. The highest BCUT2D eigenvalue weighted by atomic mass is 32.1. The van der Waals surface area contributed by atoms with Crippen molar-refractivity contribution in [3.8, 4) is 0 Å². The molecule has 2 rings (SSSR count). The third kappa shape index (κ3) is 3.28. The second-order valence-corrected chi connectivity index (χ2v) is 5.32. The zero-order chi connectivity index (χ0) is 11.4. The van der Waals surface area contributed by atoms with Crippen LogP contribution in [0.15, 0.2) is 11.6 Å². The number of thiazole rings is 1. The van der Waals surface area contributed by atoms with Gasteiger partial charge >= 0.3 is 0 Å². The molecule has 1 saturated heterocycles. The predicted octanol–water partition coefficient (Wildman–Crippen LogP) is 0.883. The van der Waals surface area contributed by atoms with Crippen LogP contribution in [0.3, 0.4) is 0 Å². The summed E-state index contributed by atoms with van der Waals surface area (Å²) in [7, 11) is 0. The van der Waals surface area contributed by atoms with Crippen LogP contribution in [0.5, 0.6) is 0 Å². The Labute approximate surface area is 99.5 Å². The average Bonchev–Trinajstić information content (AvgIpc) is 2.70. The second kappa shape index (κ2) is 5.41. The summed E-state index contributed by atoms with van der Waals surface area (Å²) >= 11 is 1.71. The summed E-state index contributed by atoms with van der Waals surface area (Å²) in [6.45, 7) is 2.37. The van der Waals surface area contributed by atoms with Crippen molar-refractivity contribution in [2.75, 3.05) is 19.6 Å². The van der Waals surface area contributed by atoms with Crippen molar-refractivity contribution >= 4 is 17.2 Å². The molecular weight excluding hydrogens is 222 g/mol. The minimum atomic E-state index is -0.227. The van der Waals surface area contributed by atoms with Crippen LogP contribution in [0, 0.1) is 5.92 Å². The smallest absolute Gasteiger partial charge is 0.231 e. The maximum atomic E-state index is 10.9. The summed E-state index contributed by atoms with van der Waals surface area (Å²) in [6.07, 6.45) is 5.27. The first-order chi connectivity index (χ1) is 7.74. The van der Waals surface area contributed by atoms with Gasteiger partial charge < -0.3 is 5.73 Å². The predicted molar refractivity (Wildman–Crippen MR) is 64.2 cm³/mol. The van der Waals surface area contributed by atoms with E-state index in [0.717, 1.165) is 25.9 Å². The van der Waals surface area contributed by atoms with Crippen LogP contribution >= 0.6 is 11.3 Å². The van der Waals surface area contributed by atoms with Gasteiger partial charge in [0.25, 0.3) is 0 Å². The van der Waals surface area contributed by atoms with Crippen LogP contribution in [0.2, 0.25) is 0 Å². The van der Waals surface area contributed by atoms with Crippen molar-refractivity contribution in [2.24, 2.45) is 11.7 Å². The van der Waals surface area contributed by atoms with E-state index in [0.29, 0.717) is 12.5 Å². The van der Waals surface area contributed by atoms with E-state index in [1.807, 2.05) is 11.6 Å². The van der Waals surface area contributed by atoms with Gasteiger partial charge in [-0.15, -0.1) is 11.3 Å². The van der Waals surface area contributed by atoms with E-state index in [9.17, 15) is 4.79 Å². The Hall–Kier alpha value is -0.940. The van der Waals surface area contributed by atoms with Crippen molar-refractivity contribution in [2.45, 2.75) is 19.3 Å². The first-order valence-corrected chi connectivity index (χ1v) is 6.51. The van der Waals surface area contributed by atoms with Gasteiger partial charge in [0.05, 0.1) is 11.6 Å². The molecule has 1 aromatic rings. The van der Waals surface area contributed by atoms with Crippen LogP contribution in [0.25, 0.3) is 0 Å². The minimum Gasteiger partial charge on any atom is -0.369 e. The maximum absolute atomic E-state index is 10.9. The Bertz CT molecular complexity index is 339. The van der Waals surface area contributed by atoms with Gasteiger partial charge in [-0.25, -0.2) is 4.98 Å². The molecule has 2 heterocycles. The summed E-state index contributed by atoms with van der Waals surface area (Å²) in [5.41, 5.74) is 5.21. The summed E-state index contributed by atoms with van der Waals surface area (Å²) in [4.78, 5) is 17.3. The molecule has 2 N–H and O–H groups in total. The Morgan fingerprint density at radius 1 is 1.69 bits per heavy atom. The highest BCUT2D eigenvalue weighted by Crippen LogP contribution is 2.21. The first-order valence-electron chi connectivity index (χ1n) is 5.63. The quantitative estimate of drug-likeness (QED) is 0.848. The highest BCUT2D eigenvalue weighted by Gasteiger charge is 2.21. The fourth-order valence-electron chi connectivity index (χ4n) is 2.28. The molecule has 0 aromatic carbocycles. The Balaban J connectivity index is 1.84. The lowest BCUT2D eigenvalue weighted by atomic mass is 9.95. The molecule has 1 aliphatic heterocycles. The van der Waals surface area contributed by atoms with Gasteiger partial charge in [-0.1, -0.05) is 0 Å². The maximum Gasteiger partial charge on any atom is 0.231 e. The molecule has 1 aromatic heterocycles. The normalized spacial score (nSPS) is 22.1. The number of amides is 1. The fraction of sp³-hybridized carbons (Fsp3) is 0.636. The van der Waals surface area contributed by atoms with Crippen molar-refractivity contribution in [3.05, 3.63) is 16.6 Å². The van der Waals surface area contributed by atoms with Gasteiger partial charge in [0, 0.05) is 24.5 Å². The van der Waals surface area contributed by atoms with Gasteiger partial charge in [-0.05, 0) is 25.3 Å². The molecule has 5 heteroatoms. The number of rotatable bonds is 4. The largest absolute Gasteiger partial charge is 0.369 e. The van der Waals surface area contributed by atoms with Crippen LogP contribution < -0.4 is 5.73 Å². The van der Waals surface area contributed by atoms with E-state index in [2.05, 4.69) is 9.88 Å². The van der Waals surface area contributed by atoms with Crippen LogP contribution in [-0.2, 0) is 11.2 Å². The SMILES string of the molecule is NC(=O)CN1CCC[C@H](Cc2nccs2)C1. The average molecular weight is 239 g/mol. The van der Waals surface area contributed by atoms with Crippen molar-refractivity contribution < 1.29 is 4.79 Å².